The largest absolute Gasteiger partial charge is 0.480 e. The molecule has 0 saturated heterocycles. The third-order valence-electron chi connectivity index (χ3n) is 4.47. The van der Waals surface area contributed by atoms with Gasteiger partial charge in [0, 0.05) is 6.54 Å². The number of nitrogens with one attached hydrogen (secondary N) is 3. The summed E-state index contributed by atoms with van der Waals surface area (Å²) in [4.78, 5) is 64.3. The van der Waals surface area contributed by atoms with E-state index in [9.17, 15) is 29.1 Å². The number of aliphatic carboxylic acids is 1. The summed E-state index contributed by atoms with van der Waals surface area (Å²) in [5.74, 6) is -5.02. The fourth-order valence-electron chi connectivity index (χ4n) is 2.78. The molecular weight excluding hydrogens is 452 g/mol. The molecular formula is C19H36N8O7. The van der Waals surface area contributed by atoms with Crippen molar-refractivity contribution in [3.8, 4) is 0 Å². The van der Waals surface area contributed by atoms with Gasteiger partial charge in [-0.15, -0.1) is 0 Å². The predicted molar refractivity (Wildman–Crippen MR) is 122 cm³/mol. The van der Waals surface area contributed by atoms with Crippen molar-refractivity contribution in [1.82, 2.24) is 16.0 Å². The normalized spacial score (nSPS) is 14.3. The highest BCUT2D eigenvalue weighted by atomic mass is 16.4. The number of nitrogens with two attached hydrogens (primary N) is 4. The number of amides is 4. The van der Waals surface area contributed by atoms with Crippen molar-refractivity contribution in [2.24, 2.45) is 33.8 Å². The van der Waals surface area contributed by atoms with Gasteiger partial charge in [0.2, 0.25) is 23.6 Å². The summed E-state index contributed by atoms with van der Waals surface area (Å²) in [5.41, 5.74) is 21.1. The maximum Gasteiger partial charge on any atom is 0.326 e. The minimum atomic E-state index is -1.48. The molecule has 0 heterocycles. The lowest BCUT2D eigenvalue weighted by molar-refractivity contribution is -0.143. The second-order valence-electron chi connectivity index (χ2n) is 8.06. The summed E-state index contributed by atoms with van der Waals surface area (Å²) in [6, 6.07) is -5.28. The van der Waals surface area contributed by atoms with Crippen molar-refractivity contribution in [3.63, 3.8) is 0 Å². The van der Waals surface area contributed by atoms with Crippen LogP contribution >= 0.6 is 0 Å². The Bertz CT molecular complexity index is 755. The molecule has 0 aliphatic heterocycles. The number of primary amides is 1. The van der Waals surface area contributed by atoms with E-state index in [2.05, 4.69) is 20.9 Å². The number of guanidine groups is 1. The summed E-state index contributed by atoms with van der Waals surface area (Å²) < 4.78 is 0. The number of rotatable bonds is 16. The molecule has 0 aromatic carbocycles. The number of carbonyl (C=O) groups excluding carboxylic acids is 4. The van der Waals surface area contributed by atoms with Gasteiger partial charge in [-0.2, -0.15) is 0 Å². The van der Waals surface area contributed by atoms with Crippen molar-refractivity contribution in [1.29, 1.82) is 0 Å². The molecule has 13 N–H and O–H groups in total. The molecule has 0 aliphatic rings. The van der Waals surface area contributed by atoms with Crippen LogP contribution in [0.3, 0.4) is 0 Å². The van der Waals surface area contributed by atoms with Crippen LogP contribution < -0.4 is 38.9 Å². The van der Waals surface area contributed by atoms with Crippen LogP contribution in [0.2, 0.25) is 0 Å². The number of carboxylic acids is 1. The van der Waals surface area contributed by atoms with E-state index in [1.54, 1.807) is 13.8 Å². The van der Waals surface area contributed by atoms with Crippen molar-refractivity contribution >= 4 is 35.6 Å². The van der Waals surface area contributed by atoms with Crippen LogP contribution in [0.15, 0.2) is 4.99 Å². The van der Waals surface area contributed by atoms with E-state index in [-0.39, 0.29) is 37.7 Å². The Kier molecular flexibility index (Phi) is 13.8. The van der Waals surface area contributed by atoms with Crippen LogP contribution in [0, 0.1) is 5.92 Å². The van der Waals surface area contributed by atoms with Crippen molar-refractivity contribution in [2.45, 2.75) is 63.7 Å². The van der Waals surface area contributed by atoms with Crippen LogP contribution in [-0.4, -0.2) is 83.1 Å². The van der Waals surface area contributed by atoms with Gasteiger partial charge in [-0.25, -0.2) is 4.79 Å². The van der Waals surface area contributed by atoms with E-state index in [1.807, 2.05) is 0 Å². The first-order chi connectivity index (χ1) is 15.8. The number of aliphatic imine (C=N–C) groups is 1. The van der Waals surface area contributed by atoms with E-state index in [1.165, 1.54) is 0 Å². The van der Waals surface area contributed by atoms with Crippen molar-refractivity contribution < 1.29 is 34.2 Å². The lowest BCUT2D eigenvalue weighted by Gasteiger charge is -2.25. The van der Waals surface area contributed by atoms with E-state index in [0.29, 0.717) is 0 Å². The third kappa shape index (κ3) is 12.5. The molecule has 0 saturated carbocycles. The van der Waals surface area contributed by atoms with Crippen molar-refractivity contribution in [3.05, 3.63) is 0 Å². The molecule has 0 radical (unpaired) electrons. The van der Waals surface area contributed by atoms with Gasteiger partial charge >= 0.3 is 5.97 Å². The van der Waals surface area contributed by atoms with Crippen LogP contribution in [0.4, 0.5) is 0 Å². The zero-order chi connectivity index (χ0) is 26.4. The van der Waals surface area contributed by atoms with Gasteiger partial charge < -0.3 is 49.1 Å². The smallest absolute Gasteiger partial charge is 0.326 e. The standard InChI is InChI=1S/C19H36N8O7/c1-9(2)6-13(18(33)34)27-16(31)11(4-3-5-24-19(22)23)25-17(32)12(7-14(21)29)26-15(30)10(20)8-28/h9-13,28H,3-8,20H2,1-2H3,(H2,21,29)(H,25,32)(H,26,30)(H,27,31)(H,33,34)(H4,22,23,24). The maximum atomic E-state index is 12.8. The number of hydrogen-bond donors (Lipinski definition) is 9. The number of carbonyl (C=O) groups is 5. The molecule has 0 rings (SSSR count). The summed E-state index contributed by atoms with van der Waals surface area (Å²) in [6.07, 6.45) is -0.214. The molecule has 4 unspecified atom stereocenters. The molecule has 4 atom stereocenters. The molecule has 4 amide bonds. The lowest BCUT2D eigenvalue weighted by atomic mass is 10.0. The third-order valence-corrected chi connectivity index (χ3v) is 4.47. The fraction of sp³-hybridized carbons (Fsp3) is 0.684. The van der Waals surface area contributed by atoms with Gasteiger partial charge in [0.1, 0.15) is 24.2 Å². The monoisotopic (exact) mass is 488 g/mol. The minimum absolute atomic E-state index is 0.00969. The summed E-state index contributed by atoms with van der Waals surface area (Å²) in [5, 5.41) is 25.4. The zero-order valence-electron chi connectivity index (χ0n) is 19.3. The number of carboxylic acid groups (broad SMARTS) is 1. The topological polar surface area (TPSA) is 278 Å². The lowest BCUT2D eigenvalue weighted by Crippen LogP contribution is -2.58. The Morgan fingerprint density at radius 3 is 1.88 bits per heavy atom. The Labute approximate surface area is 197 Å². The Hall–Kier alpha value is -3.46. The van der Waals surface area contributed by atoms with Gasteiger partial charge in [0.15, 0.2) is 5.96 Å². The zero-order valence-corrected chi connectivity index (χ0v) is 19.3. The van der Waals surface area contributed by atoms with Crippen LogP contribution in [0.5, 0.6) is 0 Å². The number of aliphatic hydroxyl groups excluding tert-OH is 1. The summed E-state index contributed by atoms with van der Waals surface area (Å²) in [7, 11) is 0. The quantitative estimate of drug-likeness (QED) is 0.0573. The second-order valence-corrected chi connectivity index (χ2v) is 8.06. The van der Waals surface area contributed by atoms with E-state index in [0.717, 1.165) is 0 Å². The highest BCUT2D eigenvalue weighted by Crippen LogP contribution is 2.07. The first-order valence-electron chi connectivity index (χ1n) is 10.6. The predicted octanol–water partition coefficient (Wildman–Crippen LogP) is -4.18. The molecule has 194 valence electrons. The van der Waals surface area contributed by atoms with E-state index < -0.39 is 66.8 Å². The number of aliphatic hydroxyl groups is 1. The molecule has 0 spiro atoms. The molecule has 0 aromatic rings. The molecule has 0 aliphatic carbocycles. The highest BCUT2D eigenvalue weighted by molar-refractivity contribution is 5.96. The number of nitrogens with zero attached hydrogens (tertiary/aromatic N) is 1. The van der Waals surface area contributed by atoms with E-state index >= 15 is 0 Å². The van der Waals surface area contributed by atoms with Gasteiger partial charge in [-0.05, 0) is 25.2 Å². The van der Waals surface area contributed by atoms with Crippen molar-refractivity contribution in [2.75, 3.05) is 13.2 Å². The highest BCUT2D eigenvalue weighted by Gasteiger charge is 2.31. The van der Waals surface area contributed by atoms with Crippen LogP contribution in [0.25, 0.3) is 0 Å². The number of hydrogen-bond acceptors (Lipinski definition) is 8. The van der Waals surface area contributed by atoms with Crippen LogP contribution in [0.1, 0.15) is 39.5 Å². The molecule has 34 heavy (non-hydrogen) atoms. The first-order valence-corrected chi connectivity index (χ1v) is 10.6. The average Bonchev–Trinajstić information content (AvgIpc) is 2.72. The Balaban J connectivity index is 5.61. The Morgan fingerprint density at radius 1 is 0.882 bits per heavy atom. The molecule has 0 bridgehead atoms. The van der Waals surface area contributed by atoms with E-state index in [4.69, 9.17) is 28.0 Å². The Morgan fingerprint density at radius 2 is 1.41 bits per heavy atom. The minimum Gasteiger partial charge on any atom is -0.480 e. The molecule has 0 fully saturated rings. The molecule has 15 heteroatoms. The molecule has 15 nitrogen and oxygen atoms in total. The maximum absolute atomic E-state index is 12.8. The molecule has 0 aromatic heterocycles. The summed E-state index contributed by atoms with van der Waals surface area (Å²) in [6.45, 7) is 2.98. The SMILES string of the molecule is CC(C)CC(NC(=O)C(CCCN=C(N)N)NC(=O)C(CC(N)=O)NC(=O)C(N)CO)C(=O)O. The van der Waals surface area contributed by atoms with Gasteiger partial charge in [-0.1, -0.05) is 13.8 Å². The van der Waals surface area contributed by atoms with Gasteiger partial charge in [0.25, 0.3) is 0 Å². The van der Waals surface area contributed by atoms with Gasteiger partial charge in [-0.3, -0.25) is 24.2 Å². The fourth-order valence-corrected chi connectivity index (χ4v) is 2.78. The van der Waals surface area contributed by atoms with Gasteiger partial charge in [0.05, 0.1) is 13.0 Å². The second kappa shape index (κ2) is 15.4. The average molecular weight is 489 g/mol. The summed E-state index contributed by atoms with van der Waals surface area (Å²) >= 11 is 0. The first kappa shape index (κ1) is 30.5. The van der Waals surface area contributed by atoms with Crippen LogP contribution in [-0.2, 0) is 24.0 Å².